The van der Waals surface area contributed by atoms with Gasteiger partial charge in [0.25, 0.3) is 5.69 Å². The Morgan fingerprint density at radius 2 is 2.05 bits per heavy atom. The van der Waals surface area contributed by atoms with E-state index in [1.54, 1.807) is 17.8 Å². The van der Waals surface area contributed by atoms with Crippen molar-refractivity contribution in [2.75, 3.05) is 0 Å². The Kier molecular flexibility index (Phi) is 5.60. The first-order valence-electron chi connectivity index (χ1n) is 7.34. The third-order valence-corrected chi connectivity index (χ3v) is 5.19. The van der Waals surface area contributed by atoms with Gasteiger partial charge >= 0.3 is 5.97 Å². The lowest BCUT2D eigenvalue weighted by Gasteiger charge is -2.21. The Balaban J connectivity index is 2.32. The zero-order valence-corrected chi connectivity index (χ0v) is 13.3. The fraction of sp³-hybridized carbons (Fsp3) is 0.438. The van der Waals surface area contributed by atoms with E-state index in [1.807, 2.05) is 0 Å². The van der Waals surface area contributed by atoms with Crippen molar-refractivity contribution in [2.24, 2.45) is 0 Å². The van der Waals surface area contributed by atoms with E-state index in [2.05, 4.69) is 0 Å². The Hall–Kier alpha value is -1.82. The van der Waals surface area contributed by atoms with Crippen LogP contribution in [0.5, 0.6) is 0 Å². The molecule has 0 amide bonds. The van der Waals surface area contributed by atoms with Gasteiger partial charge in [0.05, 0.1) is 4.92 Å². The molecule has 0 aromatic heterocycles. The number of benzene rings is 1. The molecule has 1 aromatic carbocycles. The fourth-order valence-electron chi connectivity index (χ4n) is 2.53. The van der Waals surface area contributed by atoms with Crippen molar-refractivity contribution >= 4 is 29.5 Å². The molecule has 0 aliphatic heterocycles. The Morgan fingerprint density at radius 3 is 2.64 bits per heavy atom. The molecule has 0 bridgehead atoms. The first-order valence-corrected chi connectivity index (χ1v) is 8.22. The lowest BCUT2D eigenvalue weighted by atomic mass is 10.0. The van der Waals surface area contributed by atoms with Crippen LogP contribution in [-0.2, 0) is 4.79 Å². The van der Waals surface area contributed by atoms with Crippen LogP contribution in [0.15, 0.2) is 28.7 Å². The number of aliphatic carboxylic acids is 1. The van der Waals surface area contributed by atoms with Crippen molar-refractivity contribution in [2.45, 2.75) is 49.2 Å². The van der Waals surface area contributed by atoms with E-state index in [-0.39, 0.29) is 11.3 Å². The quantitative estimate of drug-likeness (QED) is 0.490. The maximum absolute atomic E-state index is 11.0. The van der Waals surface area contributed by atoms with Crippen LogP contribution in [0.3, 0.4) is 0 Å². The highest BCUT2D eigenvalue weighted by molar-refractivity contribution is 8.00. The van der Waals surface area contributed by atoms with Gasteiger partial charge in [0.15, 0.2) is 0 Å². The number of nitrogens with zero attached hydrogens (tertiary/aromatic N) is 1. The van der Waals surface area contributed by atoms with Crippen LogP contribution in [0.25, 0.3) is 6.08 Å². The van der Waals surface area contributed by atoms with E-state index < -0.39 is 10.9 Å². The van der Waals surface area contributed by atoms with E-state index in [0.29, 0.717) is 10.8 Å². The summed E-state index contributed by atoms with van der Waals surface area (Å²) in [4.78, 5) is 22.4. The third kappa shape index (κ3) is 4.34. The van der Waals surface area contributed by atoms with Crippen LogP contribution in [-0.4, -0.2) is 21.2 Å². The summed E-state index contributed by atoms with van der Waals surface area (Å²) >= 11 is 1.71. The van der Waals surface area contributed by atoms with Crippen molar-refractivity contribution in [3.8, 4) is 0 Å². The number of thioether (sulfide) groups is 1. The molecule has 0 radical (unpaired) electrons. The summed E-state index contributed by atoms with van der Waals surface area (Å²) < 4.78 is 0. The molecule has 1 fully saturated rings. The highest BCUT2D eigenvalue weighted by Gasteiger charge is 2.18. The maximum Gasteiger partial charge on any atom is 0.331 e. The molecule has 6 heteroatoms. The van der Waals surface area contributed by atoms with Crippen LogP contribution >= 0.6 is 11.8 Å². The third-order valence-electron chi connectivity index (χ3n) is 3.76. The van der Waals surface area contributed by atoms with Gasteiger partial charge in [-0.2, -0.15) is 0 Å². The predicted octanol–water partition coefficient (Wildman–Crippen LogP) is 4.51. The number of rotatable bonds is 5. The number of carboxylic acids is 1. The van der Waals surface area contributed by atoms with Gasteiger partial charge in [0.2, 0.25) is 0 Å². The van der Waals surface area contributed by atoms with Gasteiger partial charge in [-0.25, -0.2) is 4.79 Å². The number of nitro groups is 1. The number of hydrogen-bond donors (Lipinski definition) is 1. The molecule has 1 aliphatic carbocycles. The molecular formula is C16H19NO4S. The normalized spacial score (nSPS) is 16.5. The van der Waals surface area contributed by atoms with Crippen LogP contribution < -0.4 is 0 Å². The molecule has 1 N–H and O–H groups in total. The average Bonchev–Trinajstić information content (AvgIpc) is 2.49. The number of carboxylic acid groups (broad SMARTS) is 1. The van der Waals surface area contributed by atoms with Gasteiger partial charge in [-0.1, -0.05) is 19.3 Å². The summed E-state index contributed by atoms with van der Waals surface area (Å²) in [6.45, 7) is 1.50. The van der Waals surface area contributed by atoms with Gasteiger partial charge in [0, 0.05) is 27.9 Å². The van der Waals surface area contributed by atoms with Crippen molar-refractivity contribution in [3.63, 3.8) is 0 Å². The first kappa shape index (κ1) is 16.5. The standard InChI is InChI=1S/C16H19NO4S/c1-11(16(18)19)9-12-10-13(17(20)21)7-8-15(12)22-14-5-3-2-4-6-14/h7-10,14H,2-6H2,1H3,(H,18,19)/b11-9+. The highest BCUT2D eigenvalue weighted by atomic mass is 32.2. The number of carbonyl (C=O) groups is 1. The summed E-state index contributed by atoms with van der Waals surface area (Å²) in [6.07, 6.45) is 7.49. The molecule has 0 saturated heterocycles. The largest absolute Gasteiger partial charge is 0.478 e. The minimum absolute atomic E-state index is 0.0163. The zero-order chi connectivity index (χ0) is 16.1. The molecular weight excluding hydrogens is 302 g/mol. The van der Waals surface area contributed by atoms with Gasteiger partial charge in [0.1, 0.15) is 0 Å². The summed E-state index contributed by atoms with van der Waals surface area (Å²) in [7, 11) is 0. The smallest absolute Gasteiger partial charge is 0.331 e. The van der Waals surface area contributed by atoms with Crippen LogP contribution in [0.2, 0.25) is 0 Å². The van der Waals surface area contributed by atoms with Crippen molar-refractivity contribution in [1.29, 1.82) is 0 Å². The second-order valence-corrected chi connectivity index (χ2v) is 6.83. The fourth-order valence-corrected chi connectivity index (χ4v) is 3.86. The number of nitro benzene ring substituents is 1. The topological polar surface area (TPSA) is 80.4 Å². The van der Waals surface area contributed by atoms with E-state index in [9.17, 15) is 14.9 Å². The molecule has 0 unspecified atom stereocenters. The summed E-state index contributed by atoms with van der Waals surface area (Å²) in [5.41, 5.74) is 0.771. The van der Waals surface area contributed by atoms with E-state index in [0.717, 1.165) is 17.7 Å². The highest BCUT2D eigenvalue weighted by Crippen LogP contribution is 2.37. The molecule has 118 valence electrons. The molecule has 1 aromatic rings. The summed E-state index contributed by atoms with van der Waals surface area (Å²) in [5, 5.41) is 20.5. The molecule has 1 saturated carbocycles. The lowest BCUT2D eigenvalue weighted by molar-refractivity contribution is -0.384. The molecule has 0 spiro atoms. The molecule has 22 heavy (non-hydrogen) atoms. The molecule has 1 aliphatic rings. The van der Waals surface area contributed by atoms with Gasteiger partial charge in [-0.15, -0.1) is 11.8 Å². The summed E-state index contributed by atoms with van der Waals surface area (Å²) in [5.74, 6) is -1.01. The summed E-state index contributed by atoms with van der Waals surface area (Å²) in [6, 6.07) is 4.68. The minimum atomic E-state index is -1.01. The van der Waals surface area contributed by atoms with Crippen molar-refractivity contribution < 1.29 is 14.8 Å². The van der Waals surface area contributed by atoms with E-state index in [1.165, 1.54) is 44.4 Å². The average molecular weight is 321 g/mol. The van der Waals surface area contributed by atoms with Gasteiger partial charge in [-0.05, 0) is 37.5 Å². The van der Waals surface area contributed by atoms with Crippen LogP contribution in [0.4, 0.5) is 5.69 Å². The second kappa shape index (κ2) is 7.45. The van der Waals surface area contributed by atoms with Gasteiger partial charge < -0.3 is 5.11 Å². The first-order chi connectivity index (χ1) is 10.5. The van der Waals surface area contributed by atoms with E-state index >= 15 is 0 Å². The maximum atomic E-state index is 11.0. The SMILES string of the molecule is C/C(=C\c1cc([N+](=O)[O-])ccc1SC1CCCCC1)C(=O)O. The minimum Gasteiger partial charge on any atom is -0.478 e. The molecule has 2 rings (SSSR count). The molecule has 0 heterocycles. The Bertz CT molecular complexity index is 606. The second-order valence-electron chi connectivity index (χ2n) is 5.49. The van der Waals surface area contributed by atoms with Crippen LogP contribution in [0, 0.1) is 10.1 Å². The van der Waals surface area contributed by atoms with E-state index in [4.69, 9.17) is 5.11 Å². The van der Waals surface area contributed by atoms with Crippen molar-refractivity contribution in [1.82, 2.24) is 0 Å². The number of hydrogen-bond acceptors (Lipinski definition) is 4. The van der Waals surface area contributed by atoms with Crippen LogP contribution in [0.1, 0.15) is 44.6 Å². The molecule has 5 nitrogen and oxygen atoms in total. The predicted molar refractivity (Wildman–Crippen MR) is 87.1 cm³/mol. The Labute approximate surface area is 133 Å². The van der Waals surface area contributed by atoms with Gasteiger partial charge in [-0.3, -0.25) is 10.1 Å². The Morgan fingerprint density at radius 1 is 1.36 bits per heavy atom. The lowest BCUT2D eigenvalue weighted by Crippen LogP contribution is -2.08. The molecule has 0 atom stereocenters. The number of non-ortho nitro benzene ring substituents is 1. The zero-order valence-electron chi connectivity index (χ0n) is 12.4. The monoisotopic (exact) mass is 321 g/mol. The van der Waals surface area contributed by atoms with Crippen molar-refractivity contribution in [3.05, 3.63) is 39.4 Å².